The number of carbonyl (C=O) groups excluding carboxylic acids is 1. The van der Waals surface area contributed by atoms with Crippen LogP contribution in [-0.4, -0.2) is 54.0 Å². The number of hydrogen-bond donors (Lipinski definition) is 2. The highest BCUT2D eigenvalue weighted by Crippen LogP contribution is 2.46. The molecule has 2 fully saturated rings. The third-order valence-electron chi connectivity index (χ3n) is 5.39. The van der Waals surface area contributed by atoms with Crippen LogP contribution in [0.15, 0.2) is 0 Å². The molecule has 1 aliphatic carbocycles. The lowest BCUT2D eigenvalue weighted by molar-refractivity contribution is 0.0267. The zero-order valence-corrected chi connectivity index (χ0v) is 14.7. The molecule has 1 aliphatic heterocycles. The summed E-state index contributed by atoms with van der Waals surface area (Å²) >= 11 is 0. The van der Waals surface area contributed by atoms with Gasteiger partial charge in [0.1, 0.15) is 5.60 Å². The quantitative estimate of drug-likeness (QED) is 0.789. The van der Waals surface area contributed by atoms with Crippen molar-refractivity contribution < 1.29 is 14.6 Å². The van der Waals surface area contributed by atoms with Crippen molar-refractivity contribution in [1.82, 2.24) is 10.2 Å². The molecule has 22 heavy (non-hydrogen) atoms. The fraction of sp³-hybridized carbons (Fsp3) is 0.941. The number of ether oxygens (including phenoxy) is 1. The van der Waals surface area contributed by atoms with Gasteiger partial charge in [-0.15, -0.1) is 0 Å². The van der Waals surface area contributed by atoms with E-state index >= 15 is 0 Å². The number of piperidine rings is 1. The topological polar surface area (TPSA) is 61.8 Å². The summed E-state index contributed by atoms with van der Waals surface area (Å²) in [5, 5.41) is 13.2. The maximum absolute atomic E-state index is 12.0. The number of rotatable bonds is 6. The number of likely N-dealkylation sites (tertiary alicyclic amines) is 1. The molecule has 1 amide bonds. The Morgan fingerprint density at radius 2 is 1.77 bits per heavy atom. The molecule has 0 aromatic carbocycles. The van der Waals surface area contributed by atoms with E-state index in [1.54, 1.807) is 0 Å². The predicted molar refractivity (Wildman–Crippen MR) is 86.7 cm³/mol. The summed E-state index contributed by atoms with van der Waals surface area (Å²) < 4.78 is 5.43. The molecule has 0 radical (unpaired) electrons. The molecule has 5 nitrogen and oxygen atoms in total. The van der Waals surface area contributed by atoms with Gasteiger partial charge >= 0.3 is 6.09 Å². The molecule has 128 valence electrons. The van der Waals surface area contributed by atoms with E-state index in [0.29, 0.717) is 17.9 Å². The minimum absolute atomic E-state index is 0.00173. The lowest BCUT2D eigenvalue weighted by Gasteiger charge is -2.30. The van der Waals surface area contributed by atoms with Gasteiger partial charge in [-0.3, -0.25) is 0 Å². The van der Waals surface area contributed by atoms with E-state index in [4.69, 9.17) is 4.74 Å². The van der Waals surface area contributed by atoms with Gasteiger partial charge in [-0.25, -0.2) is 4.79 Å². The Morgan fingerprint density at radius 1 is 1.23 bits per heavy atom. The Bertz CT molecular complexity index is 381. The maximum atomic E-state index is 12.0. The number of aliphatic hydroxyl groups is 1. The van der Waals surface area contributed by atoms with Crippen molar-refractivity contribution in [3.63, 3.8) is 0 Å². The second kappa shape index (κ2) is 6.36. The molecule has 0 spiro atoms. The number of hydrogen-bond acceptors (Lipinski definition) is 4. The minimum Gasteiger partial charge on any atom is -0.444 e. The largest absolute Gasteiger partial charge is 0.444 e. The smallest absolute Gasteiger partial charge is 0.410 e. The summed E-state index contributed by atoms with van der Waals surface area (Å²) in [4.78, 5) is 13.9. The van der Waals surface area contributed by atoms with Gasteiger partial charge in [-0.2, -0.15) is 0 Å². The number of amides is 1. The molecule has 0 bridgehead atoms. The first-order valence-electron chi connectivity index (χ1n) is 8.57. The number of aliphatic hydroxyl groups excluding tert-OH is 1. The second-order valence-corrected chi connectivity index (χ2v) is 7.98. The molecule has 2 unspecified atom stereocenters. The number of nitrogens with one attached hydrogen (secondary N) is 1. The molecule has 5 heteroatoms. The van der Waals surface area contributed by atoms with Gasteiger partial charge in [-0.05, 0) is 45.4 Å². The second-order valence-electron chi connectivity index (χ2n) is 7.98. The van der Waals surface area contributed by atoms with Gasteiger partial charge < -0.3 is 20.1 Å². The SMILES string of the molecule is CCC(CC)(CO)CNC1C2CN(C(=O)OC(C)(C)C)CC21. The normalized spacial score (nSPS) is 27.7. The standard InChI is InChI=1S/C17H32N2O3/c1-6-17(7-2,11-20)10-18-14-12-8-19(9-13(12)14)15(21)22-16(3,4)5/h12-14,18,20H,6-11H2,1-5H3. The average Bonchev–Trinajstić information content (AvgIpc) is 2.91. The number of nitrogens with zero attached hydrogens (tertiary/aromatic N) is 1. The Kier molecular flexibility index (Phi) is 5.07. The van der Waals surface area contributed by atoms with Crippen molar-refractivity contribution in [1.29, 1.82) is 0 Å². The highest BCUT2D eigenvalue weighted by atomic mass is 16.6. The molecule has 2 N–H and O–H groups in total. The fourth-order valence-corrected chi connectivity index (χ4v) is 3.42. The van der Waals surface area contributed by atoms with Crippen LogP contribution in [0.3, 0.4) is 0 Å². The maximum Gasteiger partial charge on any atom is 0.410 e. The monoisotopic (exact) mass is 312 g/mol. The van der Waals surface area contributed by atoms with Gasteiger partial charge in [0.2, 0.25) is 0 Å². The van der Waals surface area contributed by atoms with Crippen LogP contribution in [-0.2, 0) is 4.74 Å². The lowest BCUT2D eigenvalue weighted by atomic mass is 9.83. The number of fused-ring (bicyclic) bond motifs is 1. The molecule has 2 rings (SSSR count). The van der Waals surface area contributed by atoms with Gasteiger partial charge in [0.05, 0.1) is 0 Å². The highest BCUT2D eigenvalue weighted by molar-refractivity contribution is 5.69. The molecule has 0 aromatic heterocycles. The summed E-state index contributed by atoms with van der Waals surface area (Å²) in [6.07, 6.45) is 1.78. The summed E-state index contributed by atoms with van der Waals surface area (Å²) in [6.45, 7) is 12.7. The minimum atomic E-state index is -0.426. The summed E-state index contributed by atoms with van der Waals surface area (Å²) in [7, 11) is 0. The lowest BCUT2D eigenvalue weighted by Crippen LogP contribution is -2.42. The first kappa shape index (κ1) is 17.5. The van der Waals surface area contributed by atoms with Crippen LogP contribution in [0.25, 0.3) is 0 Å². The predicted octanol–water partition coefficient (Wildman–Crippen LogP) is 2.24. The van der Waals surface area contributed by atoms with Crippen LogP contribution >= 0.6 is 0 Å². The third-order valence-corrected chi connectivity index (χ3v) is 5.39. The third kappa shape index (κ3) is 3.74. The van der Waals surface area contributed by atoms with Gasteiger partial charge in [0, 0.05) is 37.7 Å². The Morgan fingerprint density at radius 3 is 2.18 bits per heavy atom. The molecular formula is C17H32N2O3. The molecular weight excluding hydrogens is 280 g/mol. The molecule has 1 heterocycles. The van der Waals surface area contributed by atoms with Crippen molar-refractivity contribution in [2.75, 3.05) is 26.2 Å². The Balaban J connectivity index is 1.76. The van der Waals surface area contributed by atoms with E-state index in [1.165, 1.54) is 0 Å². The summed E-state index contributed by atoms with van der Waals surface area (Å²) in [6, 6.07) is 0.503. The van der Waals surface area contributed by atoms with E-state index in [-0.39, 0.29) is 18.1 Å². The van der Waals surface area contributed by atoms with Crippen LogP contribution in [0.4, 0.5) is 4.79 Å². The van der Waals surface area contributed by atoms with Gasteiger partial charge in [0.15, 0.2) is 0 Å². The van der Waals surface area contributed by atoms with E-state index in [9.17, 15) is 9.90 Å². The highest BCUT2D eigenvalue weighted by Gasteiger charge is 2.57. The van der Waals surface area contributed by atoms with E-state index in [0.717, 1.165) is 32.5 Å². The van der Waals surface area contributed by atoms with Crippen molar-refractivity contribution in [3.8, 4) is 0 Å². The van der Waals surface area contributed by atoms with Gasteiger partial charge in [-0.1, -0.05) is 13.8 Å². The summed E-state index contributed by atoms with van der Waals surface area (Å²) in [5.41, 5.74) is -0.424. The van der Waals surface area contributed by atoms with Crippen molar-refractivity contribution in [3.05, 3.63) is 0 Å². The van der Waals surface area contributed by atoms with E-state index < -0.39 is 5.60 Å². The van der Waals surface area contributed by atoms with Crippen LogP contribution in [0.1, 0.15) is 47.5 Å². The van der Waals surface area contributed by atoms with Crippen LogP contribution in [0.5, 0.6) is 0 Å². The molecule has 2 aliphatic rings. The zero-order valence-electron chi connectivity index (χ0n) is 14.7. The van der Waals surface area contributed by atoms with E-state index in [1.807, 2.05) is 25.7 Å². The van der Waals surface area contributed by atoms with Crippen molar-refractivity contribution >= 4 is 6.09 Å². The summed E-state index contributed by atoms with van der Waals surface area (Å²) in [5.74, 6) is 1.11. The van der Waals surface area contributed by atoms with E-state index in [2.05, 4.69) is 19.2 Å². The Labute approximate surface area is 134 Å². The fourth-order valence-electron chi connectivity index (χ4n) is 3.42. The first-order valence-corrected chi connectivity index (χ1v) is 8.57. The molecule has 1 saturated heterocycles. The molecule has 0 aromatic rings. The van der Waals surface area contributed by atoms with Crippen molar-refractivity contribution in [2.45, 2.75) is 59.1 Å². The Hall–Kier alpha value is -0.810. The first-order chi connectivity index (χ1) is 10.2. The van der Waals surface area contributed by atoms with Crippen LogP contribution in [0.2, 0.25) is 0 Å². The molecule has 1 saturated carbocycles. The van der Waals surface area contributed by atoms with Crippen molar-refractivity contribution in [2.24, 2.45) is 17.3 Å². The van der Waals surface area contributed by atoms with Crippen LogP contribution in [0, 0.1) is 17.3 Å². The zero-order chi connectivity index (χ0) is 16.5. The average molecular weight is 312 g/mol. The number of carbonyl (C=O) groups is 1. The van der Waals surface area contributed by atoms with Crippen LogP contribution < -0.4 is 5.32 Å². The molecule has 2 atom stereocenters. The van der Waals surface area contributed by atoms with Gasteiger partial charge in [0.25, 0.3) is 0 Å².